The molecule has 0 saturated carbocycles. The standard InChI is InChI=1S/C18H23N5O3/c1-12(2)17-20-15(21-26-17)11-22(3)18(25)14-7-16(24)23(10-14)9-13-5-4-6-19-8-13/h4-6,8,12,14H,7,9-11H2,1-3H3. The molecular weight excluding hydrogens is 334 g/mol. The Hall–Kier alpha value is -2.77. The van der Waals surface area contributed by atoms with Crippen molar-refractivity contribution in [2.45, 2.75) is 39.3 Å². The van der Waals surface area contributed by atoms with E-state index in [9.17, 15) is 9.59 Å². The minimum atomic E-state index is -0.347. The third kappa shape index (κ3) is 4.07. The molecule has 0 aromatic carbocycles. The Morgan fingerprint density at radius 1 is 1.46 bits per heavy atom. The number of likely N-dealkylation sites (tertiary alicyclic amines) is 1. The summed E-state index contributed by atoms with van der Waals surface area (Å²) in [6.07, 6.45) is 3.66. The van der Waals surface area contributed by atoms with E-state index in [0.717, 1.165) is 5.56 Å². The van der Waals surface area contributed by atoms with Crippen molar-refractivity contribution < 1.29 is 14.1 Å². The lowest BCUT2D eigenvalue weighted by molar-refractivity contribution is -0.135. The molecule has 0 spiro atoms. The van der Waals surface area contributed by atoms with Crippen molar-refractivity contribution in [3.8, 4) is 0 Å². The topological polar surface area (TPSA) is 92.4 Å². The third-order valence-electron chi connectivity index (χ3n) is 4.39. The molecule has 8 heteroatoms. The van der Waals surface area contributed by atoms with Crippen molar-refractivity contribution in [1.29, 1.82) is 0 Å². The molecule has 3 heterocycles. The molecule has 0 radical (unpaired) electrons. The van der Waals surface area contributed by atoms with E-state index in [1.165, 1.54) is 0 Å². The van der Waals surface area contributed by atoms with Gasteiger partial charge in [-0.3, -0.25) is 14.6 Å². The predicted octanol–water partition coefficient (Wildman–Crippen LogP) is 1.60. The van der Waals surface area contributed by atoms with Crippen molar-refractivity contribution in [3.05, 3.63) is 41.8 Å². The number of carbonyl (C=O) groups excluding carboxylic acids is 2. The lowest BCUT2D eigenvalue weighted by atomic mass is 10.1. The number of hydrogen-bond donors (Lipinski definition) is 0. The van der Waals surface area contributed by atoms with Crippen LogP contribution in [0.25, 0.3) is 0 Å². The highest BCUT2D eigenvalue weighted by molar-refractivity contribution is 5.89. The van der Waals surface area contributed by atoms with E-state index in [1.807, 2.05) is 26.0 Å². The van der Waals surface area contributed by atoms with Crippen LogP contribution < -0.4 is 0 Å². The van der Waals surface area contributed by atoms with Crippen LogP contribution in [-0.4, -0.2) is 50.3 Å². The highest BCUT2D eigenvalue weighted by atomic mass is 16.5. The lowest BCUT2D eigenvalue weighted by Gasteiger charge is -2.20. The van der Waals surface area contributed by atoms with E-state index in [0.29, 0.717) is 24.8 Å². The Balaban J connectivity index is 1.58. The van der Waals surface area contributed by atoms with E-state index in [2.05, 4.69) is 15.1 Å². The van der Waals surface area contributed by atoms with Gasteiger partial charge in [-0.05, 0) is 11.6 Å². The van der Waals surface area contributed by atoms with Crippen LogP contribution in [0.15, 0.2) is 29.0 Å². The van der Waals surface area contributed by atoms with E-state index in [1.54, 1.807) is 29.2 Å². The van der Waals surface area contributed by atoms with Gasteiger partial charge in [-0.25, -0.2) is 0 Å². The first-order valence-electron chi connectivity index (χ1n) is 8.68. The zero-order valence-electron chi connectivity index (χ0n) is 15.3. The Morgan fingerprint density at radius 2 is 2.27 bits per heavy atom. The molecule has 2 amide bonds. The number of rotatable bonds is 6. The number of aromatic nitrogens is 3. The summed E-state index contributed by atoms with van der Waals surface area (Å²) in [5.41, 5.74) is 0.954. The monoisotopic (exact) mass is 357 g/mol. The van der Waals surface area contributed by atoms with E-state index in [4.69, 9.17) is 4.52 Å². The number of pyridine rings is 1. The summed E-state index contributed by atoms with van der Waals surface area (Å²) in [5.74, 6) is 0.734. The summed E-state index contributed by atoms with van der Waals surface area (Å²) in [4.78, 5) is 36.5. The van der Waals surface area contributed by atoms with Crippen LogP contribution in [0.5, 0.6) is 0 Å². The first-order valence-corrected chi connectivity index (χ1v) is 8.68. The van der Waals surface area contributed by atoms with Crippen molar-refractivity contribution in [3.63, 3.8) is 0 Å². The number of nitrogens with zero attached hydrogens (tertiary/aromatic N) is 5. The Labute approximate surface area is 152 Å². The normalized spacial score (nSPS) is 17.2. The summed E-state index contributed by atoms with van der Waals surface area (Å²) in [6, 6.07) is 3.76. The average Bonchev–Trinajstić information content (AvgIpc) is 3.22. The van der Waals surface area contributed by atoms with Gasteiger partial charge in [0.1, 0.15) is 0 Å². The van der Waals surface area contributed by atoms with Crippen molar-refractivity contribution in [2.24, 2.45) is 5.92 Å². The fourth-order valence-electron chi connectivity index (χ4n) is 2.97. The second-order valence-corrected chi connectivity index (χ2v) is 6.93. The number of carbonyl (C=O) groups is 2. The Bertz CT molecular complexity index is 774. The minimum absolute atomic E-state index is 0.0118. The molecule has 1 unspecified atom stereocenters. The molecule has 8 nitrogen and oxygen atoms in total. The first-order chi connectivity index (χ1) is 12.4. The van der Waals surface area contributed by atoms with Crippen molar-refractivity contribution >= 4 is 11.8 Å². The van der Waals surface area contributed by atoms with Crippen LogP contribution >= 0.6 is 0 Å². The van der Waals surface area contributed by atoms with Gasteiger partial charge in [0, 0.05) is 44.9 Å². The zero-order valence-corrected chi connectivity index (χ0v) is 15.3. The smallest absolute Gasteiger partial charge is 0.229 e. The molecule has 1 aliphatic rings. The van der Waals surface area contributed by atoms with Crippen LogP contribution in [-0.2, 0) is 22.7 Å². The summed E-state index contributed by atoms with van der Waals surface area (Å²) >= 11 is 0. The van der Waals surface area contributed by atoms with E-state index < -0.39 is 0 Å². The summed E-state index contributed by atoms with van der Waals surface area (Å²) in [5, 5.41) is 3.91. The fourth-order valence-corrected chi connectivity index (χ4v) is 2.97. The van der Waals surface area contributed by atoms with Gasteiger partial charge in [0.2, 0.25) is 17.7 Å². The molecule has 1 atom stereocenters. The Morgan fingerprint density at radius 3 is 2.92 bits per heavy atom. The minimum Gasteiger partial charge on any atom is -0.339 e. The molecule has 138 valence electrons. The van der Waals surface area contributed by atoms with Crippen molar-refractivity contribution in [2.75, 3.05) is 13.6 Å². The molecule has 0 N–H and O–H groups in total. The van der Waals surface area contributed by atoms with Crippen LogP contribution in [0, 0.1) is 5.92 Å². The maximum absolute atomic E-state index is 12.7. The highest BCUT2D eigenvalue weighted by Crippen LogP contribution is 2.22. The van der Waals surface area contributed by atoms with Crippen LogP contribution in [0.2, 0.25) is 0 Å². The van der Waals surface area contributed by atoms with E-state index in [-0.39, 0.29) is 36.6 Å². The molecule has 26 heavy (non-hydrogen) atoms. The molecule has 1 aliphatic heterocycles. The molecule has 1 fully saturated rings. The maximum atomic E-state index is 12.7. The van der Waals surface area contributed by atoms with Gasteiger partial charge in [-0.1, -0.05) is 25.1 Å². The quantitative estimate of drug-likeness (QED) is 0.780. The first kappa shape index (κ1) is 18.0. The van der Waals surface area contributed by atoms with Gasteiger partial charge in [-0.2, -0.15) is 4.98 Å². The number of hydrogen-bond acceptors (Lipinski definition) is 6. The fraction of sp³-hybridized carbons (Fsp3) is 0.500. The predicted molar refractivity (Wildman–Crippen MR) is 92.6 cm³/mol. The van der Waals surface area contributed by atoms with Crippen LogP contribution in [0.4, 0.5) is 0 Å². The van der Waals surface area contributed by atoms with E-state index >= 15 is 0 Å². The zero-order chi connectivity index (χ0) is 18.7. The highest BCUT2D eigenvalue weighted by Gasteiger charge is 2.36. The van der Waals surface area contributed by atoms with Crippen LogP contribution in [0.1, 0.15) is 43.5 Å². The third-order valence-corrected chi connectivity index (χ3v) is 4.39. The van der Waals surface area contributed by atoms with Gasteiger partial charge in [0.05, 0.1) is 12.5 Å². The second-order valence-electron chi connectivity index (χ2n) is 6.93. The molecule has 1 saturated heterocycles. The SMILES string of the molecule is CC(C)c1nc(CN(C)C(=O)C2CC(=O)N(Cc3cccnc3)C2)no1. The molecule has 0 bridgehead atoms. The largest absolute Gasteiger partial charge is 0.339 e. The summed E-state index contributed by atoms with van der Waals surface area (Å²) < 4.78 is 5.17. The molecule has 2 aromatic rings. The molecule has 3 rings (SSSR count). The molecular formula is C18H23N5O3. The van der Waals surface area contributed by atoms with Gasteiger partial charge in [0.25, 0.3) is 0 Å². The number of amides is 2. The van der Waals surface area contributed by atoms with Crippen molar-refractivity contribution in [1.82, 2.24) is 24.9 Å². The summed E-state index contributed by atoms with van der Waals surface area (Å²) in [6.45, 7) is 5.09. The molecule has 2 aromatic heterocycles. The van der Waals surface area contributed by atoms with Gasteiger partial charge >= 0.3 is 0 Å². The van der Waals surface area contributed by atoms with Gasteiger partial charge in [0.15, 0.2) is 5.82 Å². The maximum Gasteiger partial charge on any atom is 0.229 e. The molecule has 0 aliphatic carbocycles. The van der Waals surface area contributed by atoms with Crippen LogP contribution in [0.3, 0.4) is 0 Å². The van der Waals surface area contributed by atoms with Gasteiger partial charge in [-0.15, -0.1) is 0 Å². The average molecular weight is 357 g/mol. The summed E-state index contributed by atoms with van der Waals surface area (Å²) in [7, 11) is 1.70. The van der Waals surface area contributed by atoms with Gasteiger partial charge < -0.3 is 14.3 Å². The Kier molecular flexibility index (Phi) is 5.29. The second kappa shape index (κ2) is 7.63. The lowest BCUT2D eigenvalue weighted by Crippen LogP contribution is -2.34.